The van der Waals surface area contributed by atoms with Crippen LogP contribution in [0.1, 0.15) is 49.4 Å². The lowest BCUT2D eigenvalue weighted by Crippen LogP contribution is -2.42. The Kier molecular flexibility index (Phi) is 3.17. The normalized spacial score (nSPS) is 25.0. The van der Waals surface area contributed by atoms with Crippen LogP contribution in [-0.2, 0) is 4.79 Å². The van der Waals surface area contributed by atoms with Crippen molar-refractivity contribution in [1.29, 1.82) is 0 Å². The standard InChI is InChI=1S/C19H21N3O2/c1-10-15-16(11-5-4-6-12(23)7-11)17-13(20-18(15)22-21-10)8-19(2,3)9-14(17)24/h4-7,16-17,23H,8-9H2,1-3H3,(H,21,22). The molecule has 2 N–H and O–H groups in total. The largest absolute Gasteiger partial charge is 0.508 e. The maximum Gasteiger partial charge on any atom is 0.177 e. The number of nitrogens with one attached hydrogen (secondary N) is 1. The molecule has 1 aromatic carbocycles. The quantitative estimate of drug-likeness (QED) is 0.841. The molecule has 124 valence electrons. The van der Waals surface area contributed by atoms with Crippen LogP contribution in [0.4, 0.5) is 5.82 Å². The number of hydrogen-bond acceptors (Lipinski definition) is 4. The van der Waals surface area contributed by atoms with Gasteiger partial charge in [0.2, 0.25) is 0 Å². The first-order valence-corrected chi connectivity index (χ1v) is 8.30. The number of aryl methyl sites for hydroxylation is 1. The van der Waals surface area contributed by atoms with Gasteiger partial charge in [-0.05, 0) is 36.5 Å². The molecule has 2 atom stereocenters. The Morgan fingerprint density at radius 3 is 2.79 bits per heavy atom. The van der Waals surface area contributed by atoms with Crippen LogP contribution in [0.15, 0.2) is 29.3 Å². The molecule has 2 aliphatic rings. The van der Waals surface area contributed by atoms with Crippen molar-refractivity contribution in [1.82, 2.24) is 10.2 Å². The topological polar surface area (TPSA) is 78.3 Å². The van der Waals surface area contributed by atoms with Gasteiger partial charge in [-0.25, -0.2) is 4.99 Å². The van der Waals surface area contributed by atoms with Gasteiger partial charge in [-0.15, -0.1) is 0 Å². The number of phenolic OH excluding ortho intramolecular Hbond substituents is 1. The van der Waals surface area contributed by atoms with E-state index in [1.165, 1.54) is 0 Å². The lowest BCUT2D eigenvalue weighted by atomic mass is 9.64. The number of carbonyl (C=O) groups is 1. The zero-order valence-electron chi connectivity index (χ0n) is 14.1. The zero-order chi connectivity index (χ0) is 17.1. The number of phenols is 1. The second kappa shape index (κ2) is 5.03. The van der Waals surface area contributed by atoms with Crippen LogP contribution < -0.4 is 0 Å². The Balaban J connectivity index is 1.92. The fraction of sp³-hybridized carbons (Fsp3) is 0.421. The second-order valence-electron chi connectivity index (χ2n) is 7.72. The minimum absolute atomic E-state index is 0.0708. The van der Waals surface area contributed by atoms with E-state index in [4.69, 9.17) is 4.99 Å². The van der Waals surface area contributed by atoms with Crippen molar-refractivity contribution in [3.05, 3.63) is 41.1 Å². The molecule has 0 spiro atoms. The summed E-state index contributed by atoms with van der Waals surface area (Å²) in [5.41, 5.74) is 3.69. The van der Waals surface area contributed by atoms with Crippen molar-refractivity contribution in [3.8, 4) is 5.75 Å². The van der Waals surface area contributed by atoms with Gasteiger partial charge >= 0.3 is 0 Å². The fourth-order valence-electron chi connectivity index (χ4n) is 4.18. The zero-order valence-corrected chi connectivity index (χ0v) is 14.1. The van der Waals surface area contributed by atoms with Gasteiger partial charge in [0, 0.05) is 29.3 Å². The number of Topliss-reactive ketones (excluding diaryl/α,β-unsaturated/α-hetero) is 1. The number of aromatic nitrogens is 2. The molecule has 0 radical (unpaired) electrons. The van der Waals surface area contributed by atoms with Crippen LogP contribution in [0.5, 0.6) is 5.75 Å². The Labute approximate surface area is 140 Å². The number of aromatic hydroxyl groups is 1. The lowest BCUT2D eigenvalue weighted by molar-refractivity contribution is -0.124. The summed E-state index contributed by atoms with van der Waals surface area (Å²) in [5.74, 6) is 0.718. The third-order valence-corrected chi connectivity index (χ3v) is 5.12. The maximum absolute atomic E-state index is 13.0. The summed E-state index contributed by atoms with van der Waals surface area (Å²) in [5, 5.41) is 17.3. The van der Waals surface area contributed by atoms with Gasteiger partial charge in [0.05, 0.1) is 5.92 Å². The molecular formula is C19H21N3O2. The van der Waals surface area contributed by atoms with E-state index in [-0.39, 0.29) is 28.8 Å². The molecule has 2 aromatic rings. The van der Waals surface area contributed by atoms with Crippen LogP contribution in [0.25, 0.3) is 0 Å². The van der Waals surface area contributed by atoms with Gasteiger partial charge in [-0.1, -0.05) is 26.0 Å². The first kappa shape index (κ1) is 15.1. The summed E-state index contributed by atoms with van der Waals surface area (Å²) in [6, 6.07) is 7.19. The van der Waals surface area contributed by atoms with E-state index in [0.29, 0.717) is 12.2 Å². The van der Waals surface area contributed by atoms with Gasteiger partial charge in [-0.3, -0.25) is 9.89 Å². The van der Waals surface area contributed by atoms with Gasteiger partial charge < -0.3 is 5.11 Å². The summed E-state index contributed by atoms with van der Waals surface area (Å²) in [4.78, 5) is 17.7. The van der Waals surface area contributed by atoms with Gasteiger partial charge in [0.1, 0.15) is 11.5 Å². The van der Waals surface area contributed by atoms with Crippen LogP contribution in [-0.4, -0.2) is 26.8 Å². The third-order valence-electron chi connectivity index (χ3n) is 5.12. The molecule has 2 heterocycles. The molecule has 1 fully saturated rings. The first-order valence-electron chi connectivity index (χ1n) is 8.30. The Morgan fingerprint density at radius 2 is 2.04 bits per heavy atom. The number of fused-ring (bicyclic) bond motifs is 2. The van der Waals surface area contributed by atoms with E-state index in [0.717, 1.165) is 29.0 Å². The fourth-order valence-corrected chi connectivity index (χ4v) is 4.18. The van der Waals surface area contributed by atoms with E-state index < -0.39 is 0 Å². The molecule has 1 aliphatic carbocycles. The van der Waals surface area contributed by atoms with Crippen molar-refractivity contribution >= 4 is 17.3 Å². The Bertz CT molecular complexity index is 863. The molecule has 1 saturated carbocycles. The molecule has 1 aliphatic heterocycles. The van der Waals surface area contributed by atoms with E-state index in [1.54, 1.807) is 12.1 Å². The van der Waals surface area contributed by atoms with Crippen molar-refractivity contribution in [2.75, 3.05) is 0 Å². The highest BCUT2D eigenvalue weighted by Gasteiger charge is 2.46. The number of benzene rings is 1. The molecular weight excluding hydrogens is 302 g/mol. The highest BCUT2D eigenvalue weighted by Crippen LogP contribution is 2.49. The summed E-state index contributed by atoms with van der Waals surface area (Å²) in [7, 11) is 0. The van der Waals surface area contributed by atoms with E-state index in [2.05, 4.69) is 24.0 Å². The van der Waals surface area contributed by atoms with E-state index >= 15 is 0 Å². The summed E-state index contributed by atoms with van der Waals surface area (Å²) in [6.07, 6.45) is 1.35. The second-order valence-corrected chi connectivity index (χ2v) is 7.72. The van der Waals surface area contributed by atoms with Crippen LogP contribution in [0, 0.1) is 18.3 Å². The molecule has 0 bridgehead atoms. The van der Waals surface area contributed by atoms with Crippen LogP contribution in [0.3, 0.4) is 0 Å². The minimum atomic E-state index is -0.261. The average molecular weight is 323 g/mol. The Hall–Kier alpha value is -2.43. The molecule has 24 heavy (non-hydrogen) atoms. The molecule has 0 saturated heterocycles. The molecule has 4 rings (SSSR count). The van der Waals surface area contributed by atoms with Gasteiger partial charge in [0.25, 0.3) is 0 Å². The van der Waals surface area contributed by atoms with E-state index in [1.807, 2.05) is 19.1 Å². The third kappa shape index (κ3) is 2.27. The first-order chi connectivity index (χ1) is 11.4. The number of carbonyl (C=O) groups excluding carboxylic acids is 1. The number of hydrogen-bond donors (Lipinski definition) is 2. The highest BCUT2D eigenvalue weighted by molar-refractivity contribution is 6.11. The predicted octanol–water partition coefficient (Wildman–Crippen LogP) is 3.65. The summed E-state index contributed by atoms with van der Waals surface area (Å²) < 4.78 is 0. The highest BCUT2D eigenvalue weighted by atomic mass is 16.3. The van der Waals surface area contributed by atoms with Crippen LogP contribution >= 0.6 is 0 Å². The van der Waals surface area contributed by atoms with Gasteiger partial charge in [0.15, 0.2) is 5.82 Å². The lowest BCUT2D eigenvalue weighted by Gasteiger charge is -2.40. The molecule has 2 unspecified atom stereocenters. The van der Waals surface area contributed by atoms with Gasteiger partial charge in [-0.2, -0.15) is 5.10 Å². The maximum atomic E-state index is 13.0. The van der Waals surface area contributed by atoms with Crippen molar-refractivity contribution < 1.29 is 9.90 Å². The smallest absolute Gasteiger partial charge is 0.177 e. The summed E-state index contributed by atoms with van der Waals surface area (Å²) >= 11 is 0. The van der Waals surface area contributed by atoms with E-state index in [9.17, 15) is 9.90 Å². The number of aromatic amines is 1. The number of ketones is 1. The molecule has 1 aromatic heterocycles. The number of rotatable bonds is 1. The van der Waals surface area contributed by atoms with Crippen molar-refractivity contribution in [3.63, 3.8) is 0 Å². The van der Waals surface area contributed by atoms with Crippen molar-refractivity contribution in [2.24, 2.45) is 16.3 Å². The number of H-pyrrole nitrogens is 1. The monoisotopic (exact) mass is 323 g/mol. The predicted molar refractivity (Wildman–Crippen MR) is 91.9 cm³/mol. The number of aliphatic imine (C=N–C) groups is 1. The molecule has 5 nitrogen and oxygen atoms in total. The average Bonchev–Trinajstić information content (AvgIpc) is 2.85. The van der Waals surface area contributed by atoms with Crippen molar-refractivity contribution in [2.45, 2.75) is 39.5 Å². The summed E-state index contributed by atoms with van der Waals surface area (Å²) in [6.45, 7) is 6.18. The minimum Gasteiger partial charge on any atom is -0.508 e. The molecule has 5 heteroatoms. The SMILES string of the molecule is Cc1[nH]nc2c1C(c1cccc(O)c1)C1C(=O)CC(C)(C)CC1=N2. The molecule has 0 amide bonds. The van der Waals surface area contributed by atoms with Crippen LogP contribution in [0.2, 0.25) is 0 Å². The Morgan fingerprint density at radius 1 is 1.25 bits per heavy atom. The number of nitrogens with zero attached hydrogens (tertiary/aromatic N) is 2.